The molecule has 2 N–H and O–H groups in total. The molecule has 0 unspecified atom stereocenters. The van der Waals surface area contributed by atoms with E-state index in [-0.39, 0.29) is 12.3 Å². The number of nitrogens with zero attached hydrogens (tertiary/aromatic N) is 2. The maximum atomic E-state index is 13.7. The molecule has 0 bridgehead atoms. The molecular formula is C22H25FN4O3S. The third-order valence-corrected chi connectivity index (χ3v) is 5.18. The Kier molecular flexibility index (Phi) is 7.41. The second kappa shape index (κ2) is 10.2. The summed E-state index contributed by atoms with van der Waals surface area (Å²) in [6, 6.07) is 13.7. The smallest absolute Gasteiger partial charge is 0.226 e. The Morgan fingerprint density at radius 1 is 1.13 bits per heavy atom. The highest BCUT2D eigenvalue weighted by atomic mass is 32.2. The normalized spacial score (nSPS) is 12.0. The van der Waals surface area contributed by atoms with Gasteiger partial charge in [0.25, 0.3) is 0 Å². The average Bonchev–Trinajstić information content (AvgIpc) is 3.20. The quantitative estimate of drug-likeness (QED) is 0.409. The van der Waals surface area contributed by atoms with Crippen LogP contribution in [0.25, 0.3) is 11.5 Å². The van der Waals surface area contributed by atoms with Crippen molar-refractivity contribution in [1.29, 1.82) is 0 Å². The summed E-state index contributed by atoms with van der Waals surface area (Å²) in [5, 5.41) is 6.27. The first kappa shape index (κ1) is 22.5. The highest BCUT2D eigenvalue weighted by Gasteiger charge is 2.11. The van der Waals surface area contributed by atoms with E-state index in [1.54, 1.807) is 6.26 Å². The van der Waals surface area contributed by atoms with E-state index in [9.17, 15) is 12.8 Å². The van der Waals surface area contributed by atoms with Crippen LogP contribution in [0.15, 0.2) is 64.2 Å². The number of hydrogen-bond donors (Lipinski definition) is 2. The Bertz CT molecular complexity index is 1140. The largest absolute Gasteiger partial charge is 0.444 e. The van der Waals surface area contributed by atoms with Gasteiger partial charge in [-0.3, -0.25) is 0 Å². The van der Waals surface area contributed by atoms with E-state index in [2.05, 4.69) is 20.6 Å². The molecule has 0 aliphatic carbocycles. The first-order valence-electron chi connectivity index (χ1n) is 9.81. The third kappa shape index (κ3) is 6.92. The molecule has 164 valence electrons. The van der Waals surface area contributed by atoms with Crippen LogP contribution in [0.1, 0.15) is 23.7 Å². The summed E-state index contributed by atoms with van der Waals surface area (Å²) < 4.78 is 42.6. The van der Waals surface area contributed by atoms with Gasteiger partial charge in [-0.25, -0.2) is 22.8 Å². The van der Waals surface area contributed by atoms with Crippen molar-refractivity contribution in [3.63, 3.8) is 0 Å². The number of rotatable bonds is 8. The number of benzene rings is 2. The molecule has 31 heavy (non-hydrogen) atoms. The number of nitrogens with one attached hydrogen (secondary N) is 2. The van der Waals surface area contributed by atoms with Crippen LogP contribution >= 0.6 is 0 Å². The van der Waals surface area contributed by atoms with Gasteiger partial charge in [-0.15, -0.1) is 0 Å². The van der Waals surface area contributed by atoms with Crippen molar-refractivity contribution in [2.75, 3.05) is 12.8 Å². The molecule has 0 saturated carbocycles. The molecule has 9 heteroatoms. The van der Waals surface area contributed by atoms with Crippen molar-refractivity contribution in [1.82, 2.24) is 15.6 Å². The monoisotopic (exact) mass is 444 g/mol. The van der Waals surface area contributed by atoms with Gasteiger partial charge in [-0.1, -0.05) is 24.3 Å². The Morgan fingerprint density at radius 3 is 2.61 bits per heavy atom. The Labute approximate surface area is 181 Å². The van der Waals surface area contributed by atoms with Crippen LogP contribution in [0, 0.1) is 5.82 Å². The first-order valence-corrected chi connectivity index (χ1v) is 11.9. The first-order chi connectivity index (χ1) is 14.8. The molecule has 0 saturated heterocycles. The summed E-state index contributed by atoms with van der Waals surface area (Å²) in [4.78, 5) is 8.94. The van der Waals surface area contributed by atoms with Gasteiger partial charge in [0.2, 0.25) is 5.89 Å². The topological polar surface area (TPSA) is 96.6 Å². The highest BCUT2D eigenvalue weighted by molar-refractivity contribution is 7.89. The summed E-state index contributed by atoms with van der Waals surface area (Å²) in [6.07, 6.45) is 2.73. The molecule has 3 aromatic rings. The second-order valence-corrected chi connectivity index (χ2v) is 9.18. The number of oxazole rings is 1. The fourth-order valence-corrected chi connectivity index (χ4v) is 3.79. The number of guanidine groups is 1. The molecule has 1 heterocycles. The molecule has 7 nitrogen and oxygen atoms in total. The van der Waals surface area contributed by atoms with Crippen LogP contribution in [0.4, 0.5) is 4.39 Å². The van der Waals surface area contributed by atoms with Gasteiger partial charge >= 0.3 is 0 Å². The van der Waals surface area contributed by atoms with Crippen LogP contribution in [-0.4, -0.2) is 32.2 Å². The summed E-state index contributed by atoms with van der Waals surface area (Å²) in [5.41, 5.74) is 2.65. The molecule has 0 radical (unpaired) electrons. The summed E-state index contributed by atoms with van der Waals surface area (Å²) in [6.45, 7) is 3.06. The Balaban J connectivity index is 1.70. The number of aliphatic imine (C=N–C) groups is 1. The maximum absolute atomic E-state index is 13.7. The van der Waals surface area contributed by atoms with Crippen molar-refractivity contribution in [2.24, 2.45) is 4.99 Å². The van der Waals surface area contributed by atoms with Gasteiger partial charge in [-0.05, 0) is 42.3 Å². The standard InChI is InChI=1S/C22H25FN4O3S/c1-3-24-22(25-12-18-11-19(23)10-9-17(18)15-31(2,28)29)26-13-20-14-30-21(27-20)16-7-5-4-6-8-16/h4-11,14H,3,12-13,15H2,1-2H3,(H2,24,25,26). The fraction of sp³-hybridized carbons (Fsp3) is 0.273. The molecule has 3 rings (SSSR count). The van der Waals surface area contributed by atoms with Gasteiger partial charge in [0.05, 0.1) is 24.5 Å². The second-order valence-electron chi connectivity index (χ2n) is 7.04. The predicted octanol–water partition coefficient (Wildman–Crippen LogP) is 3.28. The van der Waals surface area contributed by atoms with Crippen molar-refractivity contribution >= 4 is 15.8 Å². The molecule has 0 spiro atoms. The highest BCUT2D eigenvalue weighted by Crippen LogP contribution is 2.18. The van der Waals surface area contributed by atoms with E-state index < -0.39 is 15.7 Å². The number of hydrogen-bond acceptors (Lipinski definition) is 5. The van der Waals surface area contributed by atoms with E-state index in [0.29, 0.717) is 41.8 Å². The lowest BCUT2D eigenvalue weighted by molar-refractivity contribution is 0.572. The van der Waals surface area contributed by atoms with E-state index >= 15 is 0 Å². The van der Waals surface area contributed by atoms with Crippen molar-refractivity contribution in [3.8, 4) is 11.5 Å². The maximum Gasteiger partial charge on any atom is 0.226 e. The molecule has 0 fully saturated rings. The average molecular weight is 445 g/mol. The van der Waals surface area contributed by atoms with Gasteiger partial charge in [0.1, 0.15) is 12.1 Å². The van der Waals surface area contributed by atoms with Gasteiger partial charge in [0.15, 0.2) is 15.8 Å². The van der Waals surface area contributed by atoms with E-state index in [4.69, 9.17) is 4.42 Å². The fourth-order valence-electron chi connectivity index (χ4n) is 2.95. The molecule has 0 atom stereocenters. The molecule has 1 aromatic heterocycles. The summed E-state index contributed by atoms with van der Waals surface area (Å²) in [7, 11) is -3.25. The SMILES string of the molecule is CCNC(=NCc1cc(F)ccc1CS(C)(=O)=O)NCc1coc(-c2ccccc2)n1. The summed E-state index contributed by atoms with van der Waals surface area (Å²) >= 11 is 0. The number of aromatic nitrogens is 1. The zero-order chi connectivity index (χ0) is 22.3. The van der Waals surface area contributed by atoms with Crippen molar-refractivity contribution in [3.05, 3.63) is 77.4 Å². The lowest BCUT2D eigenvalue weighted by Gasteiger charge is -2.11. The minimum absolute atomic E-state index is 0.131. The molecule has 0 amide bonds. The van der Waals surface area contributed by atoms with Crippen molar-refractivity contribution in [2.45, 2.75) is 25.8 Å². The molecular weight excluding hydrogens is 419 g/mol. The number of sulfone groups is 1. The molecule has 0 aliphatic heterocycles. The Morgan fingerprint density at radius 2 is 1.90 bits per heavy atom. The van der Waals surface area contributed by atoms with E-state index in [1.165, 1.54) is 18.2 Å². The molecule has 2 aromatic carbocycles. The van der Waals surface area contributed by atoms with Crippen LogP contribution < -0.4 is 10.6 Å². The minimum atomic E-state index is -3.25. The molecule has 0 aliphatic rings. The van der Waals surface area contributed by atoms with Gasteiger partial charge < -0.3 is 15.1 Å². The lowest BCUT2D eigenvalue weighted by Crippen LogP contribution is -2.36. The van der Waals surface area contributed by atoms with Crippen molar-refractivity contribution < 1.29 is 17.2 Å². The van der Waals surface area contributed by atoms with Crippen LogP contribution in [0.5, 0.6) is 0 Å². The summed E-state index contributed by atoms with van der Waals surface area (Å²) in [5.74, 6) is 0.436. The predicted molar refractivity (Wildman–Crippen MR) is 119 cm³/mol. The van der Waals surface area contributed by atoms with Crippen LogP contribution in [0.3, 0.4) is 0 Å². The van der Waals surface area contributed by atoms with Crippen LogP contribution in [-0.2, 0) is 28.7 Å². The zero-order valence-corrected chi connectivity index (χ0v) is 18.2. The van der Waals surface area contributed by atoms with Crippen LogP contribution in [0.2, 0.25) is 0 Å². The number of halogens is 1. The van der Waals surface area contributed by atoms with Gasteiger partial charge in [0, 0.05) is 18.4 Å². The lowest BCUT2D eigenvalue weighted by atomic mass is 10.1. The zero-order valence-electron chi connectivity index (χ0n) is 17.4. The van der Waals surface area contributed by atoms with E-state index in [1.807, 2.05) is 37.3 Å². The van der Waals surface area contributed by atoms with E-state index in [0.717, 1.165) is 11.8 Å². The Hall–Kier alpha value is -3.20. The third-order valence-electron chi connectivity index (χ3n) is 4.35. The minimum Gasteiger partial charge on any atom is -0.444 e. The van der Waals surface area contributed by atoms with Gasteiger partial charge in [-0.2, -0.15) is 0 Å².